The van der Waals surface area contributed by atoms with Gasteiger partial charge in [-0.05, 0) is 19.5 Å². The Morgan fingerprint density at radius 2 is 1.66 bits per heavy atom. The van der Waals surface area contributed by atoms with Gasteiger partial charge in [-0.1, -0.05) is 13.3 Å². The van der Waals surface area contributed by atoms with Gasteiger partial charge in [-0.25, -0.2) is 4.98 Å². The van der Waals surface area contributed by atoms with Gasteiger partial charge in [-0.2, -0.15) is 26.9 Å². The van der Waals surface area contributed by atoms with Crippen molar-refractivity contribution in [1.29, 1.82) is 0 Å². The maximum atomic E-state index is 14.0. The predicted octanol–water partition coefficient (Wildman–Crippen LogP) is 3.66. The minimum Gasteiger partial charge on any atom is -0.347 e. The summed E-state index contributed by atoms with van der Waals surface area (Å²) in [7, 11) is 2.06. The third-order valence-corrected chi connectivity index (χ3v) is 7.47. The van der Waals surface area contributed by atoms with Crippen molar-refractivity contribution >= 4 is 33.3 Å². The number of rotatable bonds is 5. The fourth-order valence-electron chi connectivity index (χ4n) is 4.40. The molecule has 0 radical (unpaired) electrons. The number of anilines is 2. The van der Waals surface area contributed by atoms with Gasteiger partial charge in [0.2, 0.25) is 11.8 Å². The highest BCUT2D eigenvalue weighted by molar-refractivity contribution is 7.18. The van der Waals surface area contributed by atoms with Crippen LogP contribution in [-0.4, -0.2) is 75.6 Å². The summed E-state index contributed by atoms with van der Waals surface area (Å²) < 4.78 is 67.6. The zero-order chi connectivity index (χ0) is 25.0. The number of nitrogens with zero attached hydrogens (tertiary/aromatic N) is 8. The van der Waals surface area contributed by atoms with Gasteiger partial charge in [-0.3, -0.25) is 0 Å². The molecule has 2 aliphatic rings. The molecule has 0 amide bonds. The van der Waals surface area contributed by atoms with Crippen LogP contribution in [0.4, 0.5) is 33.7 Å². The van der Waals surface area contributed by atoms with Crippen LogP contribution in [0.5, 0.6) is 0 Å². The Kier molecular flexibility index (Phi) is 6.06. The van der Waals surface area contributed by atoms with E-state index in [1.807, 2.05) is 4.90 Å². The number of aromatic nitrogens is 5. The van der Waals surface area contributed by atoms with Gasteiger partial charge >= 0.3 is 12.1 Å². The molecular formula is C21H25F5N8S. The molecule has 1 saturated heterocycles. The highest BCUT2D eigenvalue weighted by Crippen LogP contribution is 2.44. The molecule has 0 spiro atoms. The minimum absolute atomic E-state index is 0.0220. The summed E-state index contributed by atoms with van der Waals surface area (Å²) in [5, 5.41) is 7.76. The molecule has 8 nitrogen and oxygen atoms in total. The number of fused-ring (bicyclic) bond motifs is 2. The Morgan fingerprint density at radius 1 is 0.943 bits per heavy atom. The van der Waals surface area contributed by atoms with Gasteiger partial charge in [0.25, 0.3) is 0 Å². The first-order chi connectivity index (χ1) is 16.6. The first kappa shape index (κ1) is 24.1. The second kappa shape index (κ2) is 8.80. The van der Waals surface area contributed by atoms with Crippen molar-refractivity contribution in [3.63, 3.8) is 0 Å². The van der Waals surface area contributed by atoms with Crippen LogP contribution in [0.1, 0.15) is 29.9 Å². The topological polar surface area (TPSA) is 66.2 Å². The van der Waals surface area contributed by atoms with Crippen LogP contribution in [0.25, 0.3) is 10.2 Å². The van der Waals surface area contributed by atoms with Gasteiger partial charge in [-0.15, -0.1) is 21.5 Å². The second-order valence-corrected chi connectivity index (χ2v) is 10.0. The highest BCUT2D eigenvalue weighted by Gasteiger charge is 2.62. The Hall–Kier alpha value is -2.61. The highest BCUT2D eigenvalue weighted by atomic mass is 32.1. The summed E-state index contributed by atoms with van der Waals surface area (Å²) in [5.41, 5.74) is 0. The molecule has 5 heterocycles. The molecule has 1 fully saturated rings. The van der Waals surface area contributed by atoms with E-state index in [2.05, 4.69) is 40.0 Å². The second-order valence-electron chi connectivity index (χ2n) is 8.90. The van der Waals surface area contributed by atoms with E-state index in [9.17, 15) is 22.0 Å². The Bertz CT molecular complexity index is 1210. The van der Waals surface area contributed by atoms with Gasteiger partial charge in [0.05, 0.1) is 11.9 Å². The summed E-state index contributed by atoms with van der Waals surface area (Å²) in [6, 6.07) is 2.05. The Morgan fingerprint density at radius 3 is 2.34 bits per heavy atom. The van der Waals surface area contributed by atoms with Gasteiger partial charge in [0.1, 0.15) is 10.6 Å². The fraction of sp³-hybridized carbons (Fsp3) is 0.619. The normalized spacial score (nSPS) is 17.9. The number of alkyl halides is 5. The lowest BCUT2D eigenvalue weighted by Gasteiger charge is -2.34. The number of likely N-dealkylation sites (N-methyl/N-ethyl adjacent to an activating group) is 1. The summed E-state index contributed by atoms with van der Waals surface area (Å²) in [5.74, 6) is -5.15. The summed E-state index contributed by atoms with van der Waals surface area (Å²) in [4.78, 5) is 17.9. The molecule has 0 bridgehead atoms. The summed E-state index contributed by atoms with van der Waals surface area (Å²) in [6.45, 7) is 5.52. The average Bonchev–Trinajstić information content (AvgIpc) is 3.42. The van der Waals surface area contributed by atoms with Crippen molar-refractivity contribution < 1.29 is 22.0 Å². The molecule has 0 N–H and O–H groups in total. The van der Waals surface area contributed by atoms with E-state index in [-0.39, 0.29) is 25.5 Å². The first-order valence-corrected chi connectivity index (χ1v) is 12.3. The smallest absolute Gasteiger partial charge is 0.347 e. The molecule has 190 valence electrons. The number of hydrogen-bond donors (Lipinski definition) is 0. The number of thiophene rings is 1. The van der Waals surface area contributed by atoms with Crippen LogP contribution in [0.15, 0.2) is 6.07 Å². The Labute approximate surface area is 202 Å². The van der Waals surface area contributed by atoms with E-state index in [0.29, 0.717) is 11.8 Å². The Balaban J connectivity index is 1.51. The molecule has 3 aromatic rings. The zero-order valence-corrected chi connectivity index (χ0v) is 20.1. The lowest BCUT2D eigenvalue weighted by atomic mass is 10.2. The van der Waals surface area contributed by atoms with E-state index in [1.54, 1.807) is 11.3 Å². The number of halogens is 5. The largest absolute Gasteiger partial charge is 0.461 e. The van der Waals surface area contributed by atoms with Crippen LogP contribution in [0, 0.1) is 0 Å². The molecule has 35 heavy (non-hydrogen) atoms. The number of piperazine rings is 1. The van der Waals surface area contributed by atoms with Crippen molar-refractivity contribution in [2.24, 2.45) is 0 Å². The van der Waals surface area contributed by atoms with Crippen LogP contribution >= 0.6 is 11.3 Å². The third-order valence-electron chi connectivity index (χ3n) is 6.38. The molecular weight excluding hydrogens is 491 g/mol. The number of aryl methyl sites for hydroxylation is 1. The van der Waals surface area contributed by atoms with Crippen LogP contribution in [0.3, 0.4) is 0 Å². The van der Waals surface area contributed by atoms with E-state index in [1.165, 1.54) is 4.88 Å². The van der Waals surface area contributed by atoms with E-state index < -0.39 is 17.9 Å². The number of hydrogen-bond acceptors (Lipinski definition) is 8. The lowest BCUT2D eigenvalue weighted by Crippen LogP contribution is -2.45. The van der Waals surface area contributed by atoms with Gasteiger partial charge in [0.15, 0.2) is 5.82 Å². The third kappa shape index (κ3) is 4.30. The maximum absolute atomic E-state index is 14.0. The van der Waals surface area contributed by atoms with E-state index >= 15 is 0 Å². The van der Waals surface area contributed by atoms with Gasteiger partial charge in [0, 0.05) is 44.1 Å². The minimum atomic E-state index is -5.74. The van der Waals surface area contributed by atoms with Crippen molar-refractivity contribution in [2.75, 3.05) is 49.6 Å². The SMILES string of the molecule is CCCc1cc2c(N3CCn4c(nnc4C(F)(F)C(F)(F)F)C3)nc(N3CCN(C)CC3)nc2s1. The molecule has 5 rings (SSSR count). The molecule has 0 unspecified atom stereocenters. The van der Waals surface area contributed by atoms with Crippen LogP contribution in [0.2, 0.25) is 0 Å². The standard InChI is InChI=1S/C21H25F5N8S/c1-3-4-13-11-14-16(27-19(28-17(14)35-13)32-7-5-31(2)6-8-32)33-9-10-34-15(12-33)29-30-18(34)20(22,23)21(24,25)26/h11H,3-10,12H2,1-2H3. The van der Waals surface area contributed by atoms with Crippen molar-refractivity contribution in [2.45, 2.75) is 45.0 Å². The molecule has 0 atom stereocenters. The molecule has 3 aromatic heterocycles. The average molecular weight is 517 g/mol. The maximum Gasteiger partial charge on any atom is 0.461 e. The van der Waals surface area contributed by atoms with Crippen molar-refractivity contribution in [1.82, 2.24) is 29.6 Å². The monoisotopic (exact) mass is 516 g/mol. The predicted molar refractivity (Wildman–Crippen MR) is 122 cm³/mol. The fourth-order valence-corrected chi connectivity index (χ4v) is 5.52. The molecule has 0 aliphatic carbocycles. The zero-order valence-electron chi connectivity index (χ0n) is 19.3. The lowest BCUT2D eigenvalue weighted by molar-refractivity contribution is -0.293. The molecule has 14 heteroatoms. The molecule has 0 saturated carbocycles. The van der Waals surface area contributed by atoms with Gasteiger partial charge < -0.3 is 19.3 Å². The van der Waals surface area contributed by atoms with E-state index in [0.717, 1.165) is 53.8 Å². The van der Waals surface area contributed by atoms with Crippen LogP contribution in [-0.2, 0) is 25.4 Å². The summed E-state index contributed by atoms with van der Waals surface area (Å²) in [6.07, 6.45) is -3.87. The van der Waals surface area contributed by atoms with Crippen molar-refractivity contribution in [3.8, 4) is 0 Å². The molecule has 2 aliphatic heterocycles. The van der Waals surface area contributed by atoms with Crippen molar-refractivity contribution in [3.05, 3.63) is 22.6 Å². The van der Waals surface area contributed by atoms with E-state index in [4.69, 9.17) is 9.97 Å². The summed E-state index contributed by atoms with van der Waals surface area (Å²) >= 11 is 1.60. The first-order valence-electron chi connectivity index (χ1n) is 11.4. The molecule has 0 aromatic carbocycles. The van der Waals surface area contributed by atoms with Crippen LogP contribution < -0.4 is 9.80 Å². The quantitative estimate of drug-likeness (QED) is 0.480.